The van der Waals surface area contributed by atoms with Gasteiger partial charge < -0.3 is 144 Å². The maximum atomic E-state index is 13.1. The van der Waals surface area contributed by atoms with Crippen molar-refractivity contribution in [2.24, 2.45) is 0 Å². The third-order valence-corrected chi connectivity index (χ3v) is 15.4. The predicted molar refractivity (Wildman–Crippen MR) is 253 cm³/mol. The van der Waals surface area contributed by atoms with Gasteiger partial charge in [-0.05, 0) is 6.42 Å². The first-order valence-electron chi connectivity index (χ1n) is 27.2. The quantitative estimate of drug-likeness (QED) is 0.0344. The highest BCUT2D eigenvalue weighted by Crippen LogP contribution is 2.39. The fraction of sp³-hybridized carbons (Fsp3) is 0.979. The van der Waals surface area contributed by atoms with Gasteiger partial charge in [0.05, 0.1) is 39.6 Å². The van der Waals surface area contributed by atoms with Crippen LogP contribution in [-0.4, -0.2) is 317 Å². The molecule has 12 bridgehead atoms. The molecule has 22 saturated heterocycles. The highest BCUT2D eigenvalue weighted by atomic mass is 17.2. The molecule has 0 amide bonds. The summed E-state index contributed by atoms with van der Waals surface area (Å²) in [6, 6.07) is 0. The zero-order chi connectivity index (χ0) is 58.1. The Morgan fingerprint density at radius 3 is 0.825 bits per heavy atom. The molecule has 32 heteroatoms. The van der Waals surface area contributed by atoms with Crippen LogP contribution in [0, 0.1) is 0 Å². The second-order valence-corrected chi connectivity index (χ2v) is 20.9. The standard InChI is InChI=1S/C48H82O32/c1-2-3-4-5-6-7-8-9-10-11-24(55)79-80-42-35(66)48-72-23(17-54)41(42)78-47-34(65)29(60)39(21(15-52)71-47)76-45-32(63)27(58)37(19(13-50)69-45)74-43-30(61)25(56)36(18(12-49)67-43)73-44-31(62)26(57)38(20(14-51)68-44)75-46-33(64)28(59)40(77-48)22(16-53)70-46/h18-23,25-54,56-66H,2-17H2,1H3/t18-,19-,20-,21-,22-,23-,25-,26-,27-,28-,29-,30-,31-,32-,33-,34-,35-,36-,37-,38-,39-,40-,41+,42-,43-,44-,45-,46-,47-,48-/m1/s1. The summed E-state index contributed by atoms with van der Waals surface area (Å²) in [5.74, 6) is -0.916. The average Bonchev–Trinajstić information content (AvgIpc) is 3.51. The largest absolute Gasteiger partial charge is 0.394 e. The van der Waals surface area contributed by atoms with Crippen molar-refractivity contribution < 1.29 is 158 Å². The molecule has 22 aliphatic heterocycles. The molecule has 0 aromatic carbocycles. The molecule has 0 saturated carbocycles. The lowest BCUT2D eigenvalue weighted by Gasteiger charge is -2.50. The van der Waals surface area contributed by atoms with Gasteiger partial charge >= 0.3 is 5.97 Å². The van der Waals surface area contributed by atoms with E-state index in [0.29, 0.717) is 12.8 Å². The number of rotatable bonds is 18. The molecular weight excluding hydrogens is 1090 g/mol. The summed E-state index contributed by atoms with van der Waals surface area (Å²) >= 11 is 0. The normalized spacial score (nSPS) is 47.7. The Morgan fingerprint density at radius 2 is 0.550 bits per heavy atom. The molecule has 0 spiro atoms. The lowest BCUT2D eigenvalue weighted by molar-refractivity contribution is -0.421. The van der Waals surface area contributed by atoms with Gasteiger partial charge in [-0.2, -0.15) is 4.89 Å². The van der Waals surface area contributed by atoms with Crippen LogP contribution in [0.5, 0.6) is 0 Å². The summed E-state index contributed by atoms with van der Waals surface area (Å²) in [6.07, 6.45) is -51.3. The van der Waals surface area contributed by atoms with Crippen molar-refractivity contribution in [1.29, 1.82) is 0 Å². The van der Waals surface area contributed by atoms with Crippen molar-refractivity contribution >= 4 is 5.97 Å². The van der Waals surface area contributed by atoms with E-state index in [1.54, 1.807) is 0 Å². The van der Waals surface area contributed by atoms with Crippen LogP contribution >= 0.6 is 0 Å². The van der Waals surface area contributed by atoms with Gasteiger partial charge in [0.1, 0.15) is 140 Å². The van der Waals surface area contributed by atoms with Crippen LogP contribution in [0.2, 0.25) is 0 Å². The van der Waals surface area contributed by atoms with Gasteiger partial charge in [-0.15, -0.1) is 0 Å². The molecule has 22 heterocycles. The number of aliphatic hydroxyl groups excluding tert-OH is 17. The van der Waals surface area contributed by atoms with Gasteiger partial charge in [-0.3, -0.25) is 4.89 Å². The highest BCUT2D eigenvalue weighted by Gasteiger charge is 2.59. The Balaban J connectivity index is 1.17. The molecule has 22 fully saturated rings. The first-order valence-corrected chi connectivity index (χ1v) is 27.2. The van der Waals surface area contributed by atoms with Gasteiger partial charge in [0.2, 0.25) is 0 Å². The van der Waals surface area contributed by atoms with Crippen molar-refractivity contribution in [3.05, 3.63) is 0 Å². The molecule has 22 rings (SSSR count). The van der Waals surface area contributed by atoms with E-state index in [9.17, 15) is 91.6 Å². The van der Waals surface area contributed by atoms with Gasteiger partial charge in [0, 0.05) is 6.42 Å². The van der Waals surface area contributed by atoms with E-state index in [1.165, 1.54) is 0 Å². The summed E-state index contributed by atoms with van der Waals surface area (Å²) < 4.78 is 69.5. The Morgan fingerprint density at radius 1 is 0.312 bits per heavy atom. The molecule has 30 atom stereocenters. The SMILES string of the molecule is CCCCCCCCCCCC(=O)OO[C@@H]1[C@@H](O)[C@H]2O[C@H]3[C@H](O)[C@@H](O)[C@@H](O[C@H]4[C@H](O)[C@@H](O)[C@@H](O[C@H]5[C@H](O)[C@@H](O)[C@@H](O[C@H]6[C@H](O)[C@@H](O)[C@@H](O[C@H]7[C@H](O)[C@@H](O)[C@@H](O[C@H]1[C@@H](CO)O2)O[C@@H]7CO)O[C@@H]6CO)O[C@@H]5CO)O[C@@H]4CO)O[C@@H]3CO. The molecule has 80 heavy (non-hydrogen) atoms. The van der Waals surface area contributed by atoms with Gasteiger partial charge in [-0.1, -0.05) is 58.3 Å². The van der Waals surface area contributed by atoms with E-state index >= 15 is 0 Å². The molecule has 0 aromatic heterocycles. The Labute approximate surface area is 458 Å². The van der Waals surface area contributed by atoms with E-state index in [0.717, 1.165) is 44.9 Å². The van der Waals surface area contributed by atoms with Crippen LogP contribution in [0.4, 0.5) is 0 Å². The topological polar surface area (TPSA) is 490 Å². The molecule has 0 aromatic rings. The second-order valence-electron chi connectivity index (χ2n) is 20.9. The van der Waals surface area contributed by atoms with Gasteiger partial charge in [0.15, 0.2) is 43.8 Å². The van der Waals surface area contributed by atoms with E-state index in [2.05, 4.69) is 6.92 Å². The van der Waals surface area contributed by atoms with Crippen LogP contribution in [0.3, 0.4) is 0 Å². The molecule has 22 aliphatic rings. The van der Waals surface area contributed by atoms with Crippen LogP contribution < -0.4 is 0 Å². The number of unbranched alkanes of at least 4 members (excludes halogenated alkanes) is 8. The first-order chi connectivity index (χ1) is 38.4. The lowest BCUT2D eigenvalue weighted by atomic mass is 9.94. The van der Waals surface area contributed by atoms with Crippen LogP contribution in [-0.2, 0) is 71.4 Å². The third-order valence-electron chi connectivity index (χ3n) is 15.4. The van der Waals surface area contributed by atoms with Crippen molar-refractivity contribution in [3.8, 4) is 0 Å². The van der Waals surface area contributed by atoms with Crippen molar-refractivity contribution in [2.75, 3.05) is 39.6 Å². The van der Waals surface area contributed by atoms with Crippen LogP contribution in [0.1, 0.15) is 71.1 Å². The number of hydrogen-bond acceptors (Lipinski definition) is 32. The zero-order valence-corrected chi connectivity index (χ0v) is 43.9. The monoisotopic (exact) mass is 1170 g/mol. The van der Waals surface area contributed by atoms with Gasteiger partial charge in [-0.25, -0.2) is 4.79 Å². The highest BCUT2D eigenvalue weighted by molar-refractivity contribution is 5.68. The number of carbonyl (C=O) groups is 1. The summed E-state index contributed by atoms with van der Waals surface area (Å²) in [5, 5.41) is 189. The first kappa shape index (κ1) is 65.8. The number of ether oxygens (including phenoxy) is 12. The zero-order valence-electron chi connectivity index (χ0n) is 43.9. The fourth-order valence-electron chi connectivity index (χ4n) is 10.8. The van der Waals surface area contributed by atoms with E-state index in [1.807, 2.05) is 0 Å². The van der Waals surface area contributed by atoms with E-state index in [4.69, 9.17) is 66.6 Å². The minimum absolute atomic E-state index is 0.154. The maximum Gasteiger partial charge on any atom is 0.342 e. The lowest BCUT2D eigenvalue weighted by Crippen LogP contribution is -2.69. The molecule has 0 unspecified atom stereocenters. The molecule has 17 N–H and O–H groups in total. The Bertz CT molecular complexity index is 1820. The number of carbonyl (C=O) groups excluding carboxylic acids is 1. The van der Waals surface area contributed by atoms with Crippen LogP contribution in [0.15, 0.2) is 0 Å². The fourth-order valence-corrected chi connectivity index (χ4v) is 10.8. The minimum Gasteiger partial charge on any atom is -0.394 e. The summed E-state index contributed by atoms with van der Waals surface area (Å²) in [4.78, 5) is 23.7. The Kier molecular flexibility index (Phi) is 25.1. The van der Waals surface area contributed by atoms with E-state index in [-0.39, 0.29) is 6.42 Å². The van der Waals surface area contributed by atoms with Crippen LogP contribution in [0.25, 0.3) is 0 Å². The maximum absolute atomic E-state index is 13.1. The van der Waals surface area contributed by atoms with Crippen molar-refractivity contribution in [1.82, 2.24) is 0 Å². The average molecular weight is 1170 g/mol. The number of aliphatic hydroxyl groups is 17. The Hall–Kier alpha value is -1.73. The molecular formula is C48H82O32. The predicted octanol–water partition coefficient (Wildman–Crippen LogP) is -8.65. The molecule has 32 nitrogen and oxygen atoms in total. The van der Waals surface area contributed by atoms with Crippen molar-refractivity contribution in [2.45, 2.75) is 255 Å². The summed E-state index contributed by atoms with van der Waals surface area (Å²) in [5.41, 5.74) is 0. The molecule has 0 aliphatic carbocycles. The van der Waals surface area contributed by atoms with Gasteiger partial charge in [0.25, 0.3) is 0 Å². The van der Waals surface area contributed by atoms with E-state index < -0.39 is 230 Å². The summed E-state index contributed by atoms with van der Waals surface area (Å²) in [7, 11) is 0. The number of hydrogen-bond donors (Lipinski definition) is 17. The minimum atomic E-state index is -2.21. The van der Waals surface area contributed by atoms with Crippen molar-refractivity contribution in [3.63, 3.8) is 0 Å². The smallest absolute Gasteiger partial charge is 0.342 e. The molecule has 466 valence electrons. The summed E-state index contributed by atoms with van der Waals surface area (Å²) in [6.45, 7) is -4.03. The second kappa shape index (κ2) is 30.6. The molecule has 0 radical (unpaired) electrons. The third kappa shape index (κ3) is 14.9.